The summed E-state index contributed by atoms with van der Waals surface area (Å²) in [4.78, 5) is 0. The van der Waals surface area contributed by atoms with Crippen molar-refractivity contribution in [3.05, 3.63) is 18.5 Å². The maximum absolute atomic E-state index is 8.66. The second-order valence-electron chi connectivity index (χ2n) is 3.14. The molecular weight excluding hydrogens is 166 g/mol. The van der Waals surface area contributed by atoms with Crippen LogP contribution in [0.25, 0.3) is 0 Å². The van der Waals surface area contributed by atoms with Crippen molar-refractivity contribution in [2.75, 3.05) is 13.2 Å². The first-order chi connectivity index (χ1) is 6.33. The third-order valence-corrected chi connectivity index (χ3v) is 1.96. The zero-order valence-corrected chi connectivity index (χ0v) is 7.98. The zero-order chi connectivity index (χ0) is 9.52. The highest BCUT2D eigenvalue weighted by Crippen LogP contribution is 1.88. The molecule has 0 fully saturated rings. The fraction of sp³-hybridized carbons (Fsp3) is 0.667. The summed E-state index contributed by atoms with van der Waals surface area (Å²) in [5, 5.41) is 16.0. The van der Waals surface area contributed by atoms with E-state index in [1.54, 1.807) is 6.20 Å². The Morgan fingerprint density at radius 3 is 3.08 bits per heavy atom. The van der Waals surface area contributed by atoms with Crippen molar-refractivity contribution in [1.82, 2.24) is 15.1 Å². The van der Waals surface area contributed by atoms with Crippen molar-refractivity contribution in [3.63, 3.8) is 0 Å². The van der Waals surface area contributed by atoms with Gasteiger partial charge in [0, 0.05) is 31.6 Å². The van der Waals surface area contributed by atoms with E-state index in [0.717, 1.165) is 19.5 Å². The van der Waals surface area contributed by atoms with Crippen molar-refractivity contribution in [2.24, 2.45) is 0 Å². The van der Waals surface area contributed by atoms with Crippen LogP contribution < -0.4 is 5.32 Å². The monoisotopic (exact) mass is 183 g/mol. The van der Waals surface area contributed by atoms with Crippen LogP contribution in [0.2, 0.25) is 0 Å². The van der Waals surface area contributed by atoms with E-state index < -0.39 is 0 Å². The number of aliphatic hydroxyl groups is 1. The van der Waals surface area contributed by atoms with E-state index in [4.69, 9.17) is 5.11 Å². The zero-order valence-electron chi connectivity index (χ0n) is 7.98. The van der Waals surface area contributed by atoms with E-state index in [2.05, 4.69) is 17.3 Å². The highest BCUT2D eigenvalue weighted by molar-refractivity contribution is 4.77. The molecule has 1 rings (SSSR count). The first kappa shape index (κ1) is 10.2. The first-order valence-corrected chi connectivity index (χ1v) is 4.64. The van der Waals surface area contributed by atoms with Gasteiger partial charge in [0.05, 0.1) is 6.54 Å². The molecule has 0 amide bonds. The molecule has 0 saturated heterocycles. The van der Waals surface area contributed by atoms with Gasteiger partial charge in [0.2, 0.25) is 0 Å². The Balaban J connectivity index is 2.07. The molecule has 1 unspecified atom stereocenters. The average Bonchev–Trinajstić information content (AvgIpc) is 2.57. The van der Waals surface area contributed by atoms with Gasteiger partial charge >= 0.3 is 0 Å². The molecule has 74 valence electrons. The Labute approximate surface area is 78.6 Å². The molecule has 1 atom stereocenters. The third kappa shape index (κ3) is 4.05. The van der Waals surface area contributed by atoms with Gasteiger partial charge in [-0.05, 0) is 19.4 Å². The maximum atomic E-state index is 8.66. The molecule has 0 saturated carbocycles. The predicted molar refractivity (Wildman–Crippen MR) is 51.4 cm³/mol. The smallest absolute Gasteiger partial charge is 0.0534 e. The van der Waals surface area contributed by atoms with Crippen LogP contribution in [0.15, 0.2) is 18.5 Å². The molecule has 0 aromatic carbocycles. The van der Waals surface area contributed by atoms with Gasteiger partial charge < -0.3 is 10.4 Å². The Morgan fingerprint density at radius 1 is 1.62 bits per heavy atom. The number of hydrogen-bond acceptors (Lipinski definition) is 3. The van der Waals surface area contributed by atoms with Crippen LogP contribution in [0.1, 0.15) is 13.3 Å². The average molecular weight is 183 g/mol. The highest BCUT2D eigenvalue weighted by atomic mass is 16.3. The molecule has 0 aliphatic carbocycles. The van der Waals surface area contributed by atoms with Crippen LogP contribution in [-0.2, 0) is 6.54 Å². The van der Waals surface area contributed by atoms with Crippen molar-refractivity contribution in [3.8, 4) is 0 Å². The number of aliphatic hydroxyl groups excluding tert-OH is 1. The van der Waals surface area contributed by atoms with Crippen LogP contribution in [0.4, 0.5) is 0 Å². The SMILES string of the molecule is CC(CCO)NCCn1cccn1. The summed E-state index contributed by atoms with van der Waals surface area (Å²) in [7, 11) is 0. The van der Waals surface area contributed by atoms with E-state index in [9.17, 15) is 0 Å². The molecule has 0 aliphatic rings. The van der Waals surface area contributed by atoms with Crippen molar-refractivity contribution < 1.29 is 5.11 Å². The van der Waals surface area contributed by atoms with E-state index in [0.29, 0.717) is 6.04 Å². The topological polar surface area (TPSA) is 50.1 Å². The minimum absolute atomic E-state index is 0.246. The molecule has 1 aromatic rings. The van der Waals surface area contributed by atoms with Gasteiger partial charge in [-0.1, -0.05) is 0 Å². The van der Waals surface area contributed by atoms with Gasteiger partial charge in [-0.3, -0.25) is 4.68 Å². The Hall–Kier alpha value is -0.870. The summed E-state index contributed by atoms with van der Waals surface area (Å²) < 4.78 is 1.89. The lowest BCUT2D eigenvalue weighted by atomic mass is 10.2. The number of hydrogen-bond donors (Lipinski definition) is 2. The predicted octanol–water partition coefficient (Wildman–Crippen LogP) is 0.244. The van der Waals surface area contributed by atoms with E-state index in [1.165, 1.54) is 0 Å². The van der Waals surface area contributed by atoms with E-state index in [1.807, 2.05) is 16.9 Å². The van der Waals surface area contributed by atoms with Crippen LogP contribution in [-0.4, -0.2) is 34.1 Å². The van der Waals surface area contributed by atoms with E-state index in [-0.39, 0.29) is 6.61 Å². The minimum Gasteiger partial charge on any atom is -0.396 e. The van der Waals surface area contributed by atoms with Crippen LogP contribution >= 0.6 is 0 Å². The molecule has 13 heavy (non-hydrogen) atoms. The molecule has 0 aliphatic heterocycles. The van der Waals surface area contributed by atoms with Gasteiger partial charge in [-0.15, -0.1) is 0 Å². The minimum atomic E-state index is 0.246. The number of aromatic nitrogens is 2. The lowest BCUT2D eigenvalue weighted by Gasteiger charge is -2.11. The molecule has 1 heterocycles. The summed E-state index contributed by atoms with van der Waals surface area (Å²) in [6, 6.07) is 2.29. The summed E-state index contributed by atoms with van der Waals surface area (Å²) in [6.07, 6.45) is 4.52. The van der Waals surface area contributed by atoms with Gasteiger partial charge in [0.15, 0.2) is 0 Å². The number of nitrogens with zero attached hydrogens (tertiary/aromatic N) is 2. The van der Waals surface area contributed by atoms with Gasteiger partial charge in [0.25, 0.3) is 0 Å². The Bertz CT molecular complexity index is 211. The molecule has 0 radical (unpaired) electrons. The van der Waals surface area contributed by atoms with Crippen LogP contribution in [0.3, 0.4) is 0 Å². The summed E-state index contributed by atoms with van der Waals surface area (Å²) >= 11 is 0. The van der Waals surface area contributed by atoms with Crippen LogP contribution in [0, 0.1) is 0 Å². The van der Waals surface area contributed by atoms with Crippen molar-refractivity contribution in [2.45, 2.75) is 25.9 Å². The summed E-state index contributed by atoms with van der Waals surface area (Å²) in [5.41, 5.74) is 0. The molecule has 4 nitrogen and oxygen atoms in total. The normalized spacial score (nSPS) is 13.1. The van der Waals surface area contributed by atoms with Gasteiger partial charge in [-0.25, -0.2) is 0 Å². The molecule has 0 spiro atoms. The number of nitrogens with one attached hydrogen (secondary N) is 1. The summed E-state index contributed by atoms with van der Waals surface area (Å²) in [6.45, 7) is 4.08. The van der Waals surface area contributed by atoms with Gasteiger partial charge in [0.1, 0.15) is 0 Å². The molecule has 0 bridgehead atoms. The fourth-order valence-corrected chi connectivity index (χ4v) is 1.15. The second kappa shape index (κ2) is 5.72. The molecule has 1 aromatic heterocycles. The molecule has 4 heteroatoms. The standard InChI is InChI=1S/C9H17N3O/c1-9(3-8-13)10-5-7-12-6-2-4-11-12/h2,4,6,9-10,13H,3,5,7-8H2,1H3. The Kier molecular flexibility index (Phi) is 4.49. The fourth-order valence-electron chi connectivity index (χ4n) is 1.15. The lowest BCUT2D eigenvalue weighted by Crippen LogP contribution is -2.30. The quantitative estimate of drug-likeness (QED) is 0.664. The largest absolute Gasteiger partial charge is 0.396 e. The first-order valence-electron chi connectivity index (χ1n) is 4.64. The molecular formula is C9H17N3O. The number of rotatable bonds is 6. The lowest BCUT2D eigenvalue weighted by molar-refractivity contribution is 0.268. The highest BCUT2D eigenvalue weighted by Gasteiger charge is 1.98. The van der Waals surface area contributed by atoms with E-state index >= 15 is 0 Å². The van der Waals surface area contributed by atoms with Crippen molar-refractivity contribution >= 4 is 0 Å². The Morgan fingerprint density at radius 2 is 2.46 bits per heavy atom. The maximum Gasteiger partial charge on any atom is 0.0534 e. The van der Waals surface area contributed by atoms with Crippen LogP contribution in [0.5, 0.6) is 0 Å². The second-order valence-corrected chi connectivity index (χ2v) is 3.14. The molecule has 2 N–H and O–H groups in total. The van der Waals surface area contributed by atoms with Crippen molar-refractivity contribution in [1.29, 1.82) is 0 Å². The third-order valence-electron chi connectivity index (χ3n) is 1.96. The van der Waals surface area contributed by atoms with Gasteiger partial charge in [-0.2, -0.15) is 5.10 Å². The summed E-state index contributed by atoms with van der Waals surface area (Å²) in [5.74, 6) is 0.